The van der Waals surface area contributed by atoms with Crippen LogP contribution in [-0.2, 0) is 131 Å². The molecule has 4 bridgehead atoms. The lowest BCUT2D eigenvalue weighted by molar-refractivity contribution is -0.215. The molecule has 0 aliphatic carbocycles. The van der Waals surface area contributed by atoms with Gasteiger partial charge >= 0.3 is 46.2 Å². The molecule has 13 rings (SSSR count). The van der Waals surface area contributed by atoms with Crippen LogP contribution in [0.3, 0.4) is 0 Å². The van der Waals surface area contributed by atoms with Crippen molar-refractivity contribution in [3.05, 3.63) is 134 Å². The number of nitrogens with zero attached hydrogens (tertiary/aromatic N) is 8. The molecule has 48 nitrogen and oxygen atoms in total. The van der Waals surface area contributed by atoms with E-state index in [4.69, 9.17) is 133 Å². The van der Waals surface area contributed by atoms with E-state index in [0.29, 0.717) is 5.57 Å². The van der Waals surface area contributed by atoms with E-state index in [-0.39, 0.29) is 97.1 Å². The van der Waals surface area contributed by atoms with Gasteiger partial charge in [-0.05, 0) is 71.6 Å². The lowest BCUT2D eigenvalue weighted by Crippen LogP contribution is -2.50. The predicted molar refractivity (Wildman–Crippen MR) is 412 cm³/mol. The van der Waals surface area contributed by atoms with Crippen molar-refractivity contribution in [3.8, 4) is 0 Å². The van der Waals surface area contributed by atoms with Crippen molar-refractivity contribution in [1.82, 2.24) is 53.5 Å². The Bertz CT molecular complexity index is 5250. The first kappa shape index (κ1) is 90.6. The predicted octanol–water partition coefficient (Wildman–Crippen LogP) is -1.16. The maximum absolute atomic E-state index is 15.2. The van der Waals surface area contributed by atoms with Gasteiger partial charge in [0.2, 0.25) is 0 Å². The molecule has 0 saturated carbocycles. The minimum atomic E-state index is -5.80. The number of methoxy groups -OCH3 is 3. The number of H-pyrrole nitrogens is 4. The third-order valence-electron chi connectivity index (χ3n) is 21.4. The minimum absolute atomic E-state index is 0.0100. The van der Waals surface area contributed by atoms with E-state index in [1.165, 1.54) is 71.0 Å². The molecule has 5 aromatic rings. The fourth-order valence-corrected chi connectivity index (χ4v) is 20.1. The van der Waals surface area contributed by atoms with E-state index in [1.807, 2.05) is 0 Å². The summed E-state index contributed by atoms with van der Waals surface area (Å²) in [5.41, 5.74) is 3.73. The summed E-state index contributed by atoms with van der Waals surface area (Å²) in [4.78, 5) is 155. The molecule has 13 heterocycles. The standard InChI is InChI=1S/C65H92N14O34P4S2/c1-12-64-32(6)103-47(59(108-64)78-21-30(4)55(82)75-63(78)86)49(64)112-114(87,88)99-23-36-41(45(97-17-14-94-10)43(105-36)38-31(5)56(83)73-61(84)72-38)110-115(89,90)102-25-65-33(7)104-48(60(109-65)79-27-70-39-52(67)68-26-69-53(39)79)50(65)113-117(92,119)101-24-37-42(46(98-18-15-95-11)58(107-37)77-20-29(3)54(81)74-62(77)85)111-116(91,118)100-22-35-40(80)44(96-16-13-93-9)57(106-35)76-19-28(2)51(66)71-34(76)8/h19-21,26-27,32-33,35-37,40-50,57-60,80H,8,12-18,22-25H2,1-7,9-11H3,(H2,66,71)(H,87,88)(H,89,90)(H,91,118)(H,92,119)(H2,67,68,69)(H,74,81,85)(H,75,82,86)(H2,72,73,83,84)/t32-,33-,35+,36+,37+,40-,41-,42-,43-,44?,45?,46?,47?,48?,49+,50+,57+,58+,59+,60+,64-,65-,116?,117?/m0/s1. The number of ether oxygens (including phenoxy) is 13. The zero-order valence-corrected chi connectivity index (χ0v) is 70.5. The molecule has 7 saturated heterocycles. The first-order chi connectivity index (χ1) is 56.3. The second-order valence-corrected chi connectivity index (χ2v) is 37.2. The monoisotopic (exact) mass is 1800 g/mol. The van der Waals surface area contributed by atoms with Gasteiger partial charge in [-0.1, -0.05) is 13.5 Å². The maximum atomic E-state index is 15.2. The summed E-state index contributed by atoms with van der Waals surface area (Å²) in [7, 11) is -7.11. The fourth-order valence-electron chi connectivity index (χ4n) is 15.3. The van der Waals surface area contributed by atoms with Crippen molar-refractivity contribution < 1.29 is 132 Å². The second kappa shape index (κ2) is 36.2. The average molecular weight is 1800 g/mol. The topological polar surface area (TPSA) is 616 Å². The van der Waals surface area contributed by atoms with E-state index in [9.17, 15) is 58.0 Å². The Morgan fingerprint density at radius 2 is 1.12 bits per heavy atom. The van der Waals surface area contributed by atoms with Crippen LogP contribution in [0.5, 0.6) is 0 Å². The van der Waals surface area contributed by atoms with Crippen molar-refractivity contribution in [2.24, 2.45) is 10.7 Å². The third-order valence-corrected chi connectivity index (χ3v) is 26.4. The van der Waals surface area contributed by atoms with Crippen LogP contribution in [0, 0.1) is 20.8 Å². The number of anilines is 1. The Morgan fingerprint density at radius 3 is 1.75 bits per heavy atom. The number of rotatable bonds is 38. The number of aliphatic hydroxyl groups is 1. The number of phosphoric acid groups is 2. The zero-order chi connectivity index (χ0) is 85.9. The molecule has 658 valence electrons. The zero-order valence-electron chi connectivity index (χ0n) is 65.3. The number of phosphoric ester groups is 2. The van der Waals surface area contributed by atoms with Gasteiger partial charge in [0, 0.05) is 62.2 Å². The van der Waals surface area contributed by atoms with Gasteiger partial charge in [0.1, 0.15) is 120 Å². The number of nitrogen functional groups attached to an aromatic ring is 1. The highest BCUT2D eigenvalue weighted by Gasteiger charge is 2.70. The third kappa shape index (κ3) is 18.5. The summed E-state index contributed by atoms with van der Waals surface area (Å²) >= 11 is 11.5. The Kier molecular flexibility index (Phi) is 27.6. The van der Waals surface area contributed by atoms with E-state index in [1.54, 1.807) is 27.0 Å². The second-order valence-electron chi connectivity index (χ2n) is 28.8. The van der Waals surface area contributed by atoms with Gasteiger partial charge in [0.15, 0.2) is 36.4 Å². The Morgan fingerprint density at radius 1 is 0.588 bits per heavy atom. The lowest BCUT2D eigenvalue weighted by Gasteiger charge is -2.37. The van der Waals surface area contributed by atoms with Crippen molar-refractivity contribution >= 4 is 75.5 Å². The molecular formula is C65H92N14O34P4S2. The molecule has 0 aromatic carbocycles. The molecule has 0 radical (unpaired) electrons. The van der Waals surface area contributed by atoms with Gasteiger partial charge in [-0.3, -0.25) is 70.2 Å². The minimum Gasteiger partial charge on any atom is -0.387 e. The highest BCUT2D eigenvalue weighted by Crippen LogP contribution is 2.62. The molecule has 0 spiro atoms. The van der Waals surface area contributed by atoms with Crippen LogP contribution >= 0.6 is 29.1 Å². The molecule has 0 amide bonds. The van der Waals surface area contributed by atoms with Crippen LogP contribution in [0.25, 0.3) is 11.2 Å². The Balaban J connectivity index is 0.786. The number of aromatic amines is 4. The van der Waals surface area contributed by atoms with Crippen LogP contribution in [0.1, 0.15) is 81.3 Å². The van der Waals surface area contributed by atoms with Crippen LogP contribution in [0.2, 0.25) is 0 Å². The van der Waals surface area contributed by atoms with E-state index in [2.05, 4.69) is 46.5 Å². The number of nitrogens with two attached hydrogens (primary N) is 2. The van der Waals surface area contributed by atoms with Gasteiger partial charge in [-0.15, -0.1) is 0 Å². The number of amidine groups is 1. The van der Waals surface area contributed by atoms with Gasteiger partial charge in [0.25, 0.3) is 16.7 Å². The summed E-state index contributed by atoms with van der Waals surface area (Å²) in [6, 6.07) is 0. The quantitative estimate of drug-likeness (QED) is 0.0164. The van der Waals surface area contributed by atoms with Gasteiger partial charge in [-0.25, -0.2) is 43.5 Å². The largest absolute Gasteiger partial charge is 0.472 e. The molecule has 54 heteroatoms. The molecule has 13 N–H and O–H groups in total. The van der Waals surface area contributed by atoms with Crippen molar-refractivity contribution in [3.63, 3.8) is 0 Å². The van der Waals surface area contributed by atoms with E-state index < -0.39 is 223 Å². The number of aryl methyl sites for hydroxylation is 2. The Labute approximate surface area is 684 Å². The molecule has 8 aliphatic heterocycles. The van der Waals surface area contributed by atoms with E-state index in [0.717, 1.165) is 21.7 Å². The first-order valence-electron chi connectivity index (χ1n) is 36.9. The summed E-state index contributed by atoms with van der Waals surface area (Å²) in [5, 5.41) is 11.8. The SMILES string of the molecule is C=C1N=C(N)C(C)=CN1[C@@H]1O[C@H](COP(O)(=S)O[C@@H]2C(OCCOC)[C@H](n3cc(C)c(=O)[nH]c3=O)O[C@@H]2COP(O)(=S)O[C@@H]2C3O[C@@H](C)[C@]2(COP(=O)(O)O[C@@H]2C(OCCOC)[C@H](c4[nH]c(=O)[nH]c(=O)c4C)O[C@@H]2COP(=O)(O)O[C@@H]2C4O[C@@H](C)[C@]2(CC)O[C@H]4n2cc(C)c(=O)[nH]c2=O)O[C@H]3n2cnc3c(N)ncnc32)[C@H](O)C1OCCOC. The molecular weight excluding hydrogens is 1710 g/mol. The number of aromatic nitrogens is 10. The summed E-state index contributed by atoms with van der Waals surface area (Å²) in [6.07, 6.45) is -23.0. The van der Waals surface area contributed by atoms with Crippen molar-refractivity contribution in [2.75, 3.05) is 93.1 Å². The lowest BCUT2D eigenvalue weighted by atomic mass is 9.91. The fraction of sp³-hybridized carbons (Fsp3) is 0.662. The number of hydrogen-bond donors (Lipinski definition) is 11. The molecule has 119 heavy (non-hydrogen) atoms. The maximum Gasteiger partial charge on any atom is 0.472 e. The Hall–Kier alpha value is -6.14. The molecule has 8 aliphatic rings. The number of aliphatic imine (C=N–C) groups is 1. The van der Waals surface area contributed by atoms with Crippen LogP contribution in [-0.4, -0.2) is 280 Å². The summed E-state index contributed by atoms with van der Waals surface area (Å²) in [6.45, 7) is 0.400. The number of nitrogens with one attached hydrogen (secondary N) is 4. The van der Waals surface area contributed by atoms with Crippen LogP contribution in [0.15, 0.2) is 83.0 Å². The number of imidazole rings is 1. The highest BCUT2D eigenvalue weighted by atomic mass is 32.5. The molecule has 5 aromatic heterocycles. The summed E-state index contributed by atoms with van der Waals surface area (Å²) in [5.74, 6) is 0.247. The van der Waals surface area contributed by atoms with Crippen LogP contribution in [0.4, 0.5) is 5.82 Å². The highest BCUT2D eigenvalue weighted by molar-refractivity contribution is 8.07. The molecule has 7 fully saturated rings. The number of aliphatic hydroxyl groups excluding tert-OH is 1. The number of fused-ring (bicyclic) bond motifs is 5. The number of hydrogen-bond acceptors (Lipinski definition) is 39. The first-order valence-corrected chi connectivity index (χ1v) is 45.1. The molecule has 9 unspecified atom stereocenters. The van der Waals surface area contributed by atoms with Gasteiger partial charge < -0.3 is 117 Å². The summed E-state index contributed by atoms with van der Waals surface area (Å²) < 4.78 is 161. The average Bonchev–Trinajstić information content (AvgIpc) is 1.55. The van der Waals surface area contributed by atoms with Gasteiger partial charge in [0.05, 0.1) is 90.3 Å². The van der Waals surface area contributed by atoms with Crippen molar-refractivity contribution in [1.29, 1.82) is 0 Å². The van der Waals surface area contributed by atoms with Gasteiger partial charge in [-0.2, -0.15) is 0 Å². The smallest absolute Gasteiger partial charge is 0.387 e. The normalized spacial score (nSPS) is 33.8. The van der Waals surface area contributed by atoms with E-state index >= 15 is 4.57 Å². The van der Waals surface area contributed by atoms with Crippen molar-refractivity contribution in [2.45, 2.75) is 189 Å². The van der Waals surface area contributed by atoms with Crippen LogP contribution < -0.4 is 45.2 Å². The molecule has 26 atom stereocenters.